The molecule has 1 unspecified atom stereocenters. The van der Waals surface area contributed by atoms with Crippen LogP contribution in [0.4, 0.5) is 4.39 Å². The first-order chi connectivity index (χ1) is 9.16. The highest BCUT2D eigenvalue weighted by molar-refractivity contribution is 5.28. The van der Waals surface area contributed by atoms with Gasteiger partial charge in [0.2, 0.25) is 0 Å². The fourth-order valence-corrected chi connectivity index (χ4v) is 2.31. The van der Waals surface area contributed by atoms with Gasteiger partial charge in [-0.1, -0.05) is 36.4 Å². The second-order valence-electron chi connectivity index (χ2n) is 4.91. The number of benzene rings is 2. The van der Waals surface area contributed by atoms with Crippen LogP contribution in [0.2, 0.25) is 0 Å². The molecule has 0 spiro atoms. The summed E-state index contributed by atoms with van der Waals surface area (Å²) in [7, 11) is 0. The molecule has 2 aromatic carbocycles. The molecule has 2 aromatic rings. The first kappa shape index (κ1) is 13.8. The van der Waals surface area contributed by atoms with Crippen LogP contribution in [0.15, 0.2) is 48.5 Å². The second-order valence-corrected chi connectivity index (χ2v) is 4.91. The molecule has 0 aliphatic heterocycles. The molecule has 2 rings (SSSR count). The van der Waals surface area contributed by atoms with E-state index in [0.29, 0.717) is 6.04 Å². The van der Waals surface area contributed by atoms with Crippen molar-refractivity contribution < 1.29 is 4.39 Å². The lowest BCUT2D eigenvalue weighted by atomic mass is 10.0. The summed E-state index contributed by atoms with van der Waals surface area (Å²) >= 11 is 0. The van der Waals surface area contributed by atoms with Crippen LogP contribution in [0.3, 0.4) is 0 Å². The van der Waals surface area contributed by atoms with Gasteiger partial charge in [-0.15, -0.1) is 0 Å². The van der Waals surface area contributed by atoms with E-state index in [1.54, 1.807) is 12.1 Å². The molecule has 0 radical (unpaired) electrons. The Morgan fingerprint density at radius 2 is 1.89 bits per heavy atom. The maximum atomic E-state index is 13.1. The monoisotopic (exact) mass is 257 g/mol. The molecule has 1 atom stereocenters. The molecule has 0 saturated carbocycles. The molecule has 1 N–H and O–H groups in total. The quantitative estimate of drug-likeness (QED) is 0.852. The Labute approximate surface area is 114 Å². The summed E-state index contributed by atoms with van der Waals surface area (Å²) in [6, 6.07) is 15.5. The fourth-order valence-electron chi connectivity index (χ4n) is 2.31. The highest BCUT2D eigenvalue weighted by Gasteiger charge is 2.06. The van der Waals surface area contributed by atoms with Crippen molar-refractivity contribution in [3.05, 3.63) is 71.0 Å². The number of halogens is 1. The molecule has 1 nitrogen and oxygen atoms in total. The van der Waals surface area contributed by atoms with Crippen molar-refractivity contribution >= 4 is 0 Å². The Bertz CT molecular complexity index is 536. The van der Waals surface area contributed by atoms with Gasteiger partial charge in [-0.25, -0.2) is 4.39 Å². The molecule has 0 aliphatic rings. The van der Waals surface area contributed by atoms with E-state index < -0.39 is 0 Å². The predicted molar refractivity (Wildman–Crippen MR) is 77.7 cm³/mol. The van der Waals surface area contributed by atoms with Gasteiger partial charge in [-0.05, 0) is 55.6 Å². The average Bonchev–Trinajstić information content (AvgIpc) is 2.39. The third kappa shape index (κ3) is 3.90. The lowest BCUT2D eigenvalue weighted by molar-refractivity contribution is 0.572. The summed E-state index contributed by atoms with van der Waals surface area (Å²) in [5.41, 5.74) is 3.65. The van der Waals surface area contributed by atoms with Gasteiger partial charge in [0.05, 0.1) is 0 Å². The minimum atomic E-state index is -0.163. The minimum absolute atomic E-state index is 0.163. The largest absolute Gasteiger partial charge is 0.310 e. The SMILES string of the molecule is Cc1ccccc1C(C)NCCc1cccc(F)c1. The topological polar surface area (TPSA) is 12.0 Å². The smallest absolute Gasteiger partial charge is 0.123 e. The Morgan fingerprint density at radius 3 is 2.63 bits per heavy atom. The molecule has 0 fully saturated rings. The van der Waals surface area contributed by atoms with Crippen LogP contribution in [0.5, 0.6) is 0 Å². The Balaban J connectivity index is 1.88. The first-order valence-corrected chi connectivity index (χ1v) is 6.70. The van der Waals surface area contributed by atoms with E-state index in [1.807, 2.05) is 6.07 Å². The summed E-state index contributed by atoms with van der Waals surface area (Å²) in [6.07, 6.45) is 0.841. The van der Waals surface area contributed by atoms with Gasteiger partial charge in [-0.3, -0.25) is 0 Å². The molecule has 0 aliphatic carbocycles. The maximum absolute atomic E-state index is 13.1. The van der Waals surface area contributed by atoms with E-state index in [0.717, 1.165) is 18.5 Å². The molecule has 0 saturated heterocycles. The summed E-state index contributed by atoms with van der Waals surface area (Å²) in [5.74, 6) is -0.163. The van der Waals surface area contributed by atoms with Gasteiger partial charge < -0.3 is 5.32 Å². The standard InChI is InChI=1S/C17H20FN/c1-13-6-3-4-9-17(13)14(2)19-11-10-15-7-5-8-16(18)12-15/h3-9,12,14,19H,10-11H2,1-2H3. The van der Waals surface area contributed by atoms with Gasteiger partial charge in [-0.2, -0.15) is 0 Å². The van der Waals surface area contributed by atoms with Crippen molar-refractivity contribution in [1.29, 1.82) is 0 Å². The molecule has 0 amide bonds. The summed E-state index contributed by atoms with van der Waals surface area (Å²) in [4.78, 5) is 0. The van der Waals surface area contributed by atoms with Crippen molar-refractivity contribution in [2.75, 3.05) is 6.54 Å². The lowest BCUT2D eigenvalue weighted by Gasteiger charge is -2.16. The van der Waals surface area contributed by atoms with E-state index in [9.17, 15) is 4.39 Å². The van der Waals surface area contributed by atoms with E-state index in [4.69, 9.17) is 0 Å². The number of nitrogens with one attached hydrogen (secondary N) is 1. The fraction of sp³-hybridized carbons (Fsp3) is 0.294. The van der Waals surface area contributed by atoms with Gasteiger partial charge in [0.25, 0.3) is 0 Å². The zero-order valence-corrected chi connectivity index (χ0v) is 11.5. The molecule has 100 valence electrons. The van der Waals surface area contributed by atoms with Crippen LogP contribution in [0.1, 0.15) is 29.7 Å². The van der Waals surface area contributed by atoms with Crippen LogP contribution in [-0.4, -0.2) is 6.54 Å². The van der Waals surface area contributed by atoms with E-state index in [2.05, 4.69) is 43.4 Å². The molecular weight excluding hydrogens is 237 g/mol. The molecule has 0 aromatic heterocycles. The summed E-state index contributed by atoms with van der Waals surface area (Å²) in [5, 5.41) is 3.49. The molecular formula is C17H20FN. The maximum Gasteiger partial charge on any atom is 0.123 e. The van der Waals surface area contributed by atoms with Crippen LogP contribution in [-0.2, 0) is 6.42 Å². The van der Waals surface area contributed by atoms with Crippen LogP contribution >= 0.6 is 0 Å². The normalized spacial score (nSPS) is 12.4. The van der Waals surface area contributed by atoms with Gasteiger partial charge in [0, 0.05) is 6.04 Å². The van der Waals surface area contributed by atoms with E-state index in [-0.39, 0.29) is 5.82 Å². The zero-order valence-electron chi connectivity index (χ0n) is 11.5. The highest BCUT2D eigenvalue weighted by Crippen LogP contribution is 2.16. The van der Waals surface area contributed by atoms with Crippen LogP contribution < -0.4 is 5.32 Å². The Kier molecular flexibility index (Phi) is 4.69. The number of hydrogen-bond acceptors (Lipinski definition) is 1. The highest BCUT2D eigenvalue weighted by atomic mass is 19.1. The lowest BCUT2D eigenvalue weighted by Crippen LogP contribution is -2.22. The Morgan fingerprint density at radius 1 is 1.11 bits per heavy atom. The van der Waals surface area contributed by atoms with Crippen molar-refractivity contribution in [3.63, 3.8) is 0 Å². The van der Waals surface area contributed by atoms with Crippen LogP contribution in [0, 0.1) is 12.7 Å². The minimum Gasteiger partial charge on any atom is -0.310 e. The molecule has 0 heterocycles. The molecule has 0 bridgehead atoms. The zero-order chi connectivity index (χ0) is 13.7. The van der Waals surface area contributed by atoms with Gasteiger partial charge >= 0.3 is 0 Å². The Hall–Kier alpha value is -1.67. The van der Waals surface area contributed by atoms with Crippen LogP contribution in [0.25, 0.3) is 0 Å². The van der Waals surface area contributed by atoms with Gasteiger partial charge in [0.15, 0.2) is 0 Å². The first-order valence-electron chi connectivity index (χ1n) is 6.70. The van der Waals surface area contributed by atoms with Gasteiger partial charge in [0.1, 0.15) is 5.82 Å². The van der Waals surface area contributed by atoms with Crippen molar-refractivity contribution in [3.8, 4) is 0 Å². The predicted octanol–water partition coefficient (Wildman–Crippen LogP) is 4.03. The third-order valence-corrected chi connectivity index (χ3v) is 3.41. The molecule has 2 heteroatoms. The second kappa shape index (κ2) is 6.48. The van der Waals surface area contributed by atoms with E-state index in [1.165, 1.54) is 17.2 Å². The van der Waals surface area contributed by atoms with Crippen molar-refractivity contribution in [1.82, 2.24) is 5.32 Å². The number of aryl methyl sites for hydroxylation is 1. The van der Waals surface area contributed by atoms with Crippen molar-refractivity contribution in [2.45, 2.75) is 26.3 Å². The molecule has 19 heavy (non-hydrogen) atoms. The average molecular weight is 257 g/mol. The number of hydrogen-bond donors (Lipinski definition) is 1. The van der Waals surface area contributed by atoms with E-state index >= 15 is 0 Å². The third-order valence-electron chi connectivity index (χ3n) is 3.41. The summed E-state index contributed by atoms with van der Waals surface area (Å²) in [6.45, 7) is 5.13. The summed E-state index contributed by atoms with van der Waals surface area (Å²) < 4.78 is 13.1. The number of rotatable bonds is 5. The van der Waals surface area contributed by atoms with Crippen molar-refractivity contribution in [2.24, 2.45) is 0 Å².